The Bertz CT molecular complexity index is 5930. The molecule has 2 aliphatic heterocycles. The minimum Gasteiger partial charge on any atom is -0.454 e. The average Bonchev–Trinajstić information content (AvgIpc) is 0.830. The van der Waals surface area contributed by atoms with Crippen molar-refractivity contribution in [3.8, 4) is 44.8 Å². The van der Waals surface area contributed by atoms with E-state index in [0.717, 1.165) is 89.6 Å². The fourth-order valence-corrected chi connectivity index (χ4v) is 16.3. The molecule has 0 bridgehead atoms. The monoisotopic (exact) mass is 1290 g/mol. The van der Waals surface area contributed by atoms with Crippen LogP contribution in [0.5, 0.6) is 0 Å². The zero-order valence-corrected chi connectivity index (χ0v) is 59.3. The number of para-hydroxylation sites is 5. The quantitative estimate of drug-likeness (QED) is 0.149. The highest BCUT2D eigenvalue weighted by Gasteiger charge is 2.46. The molecule has 13 aromatic carbocycles. The van der Waals surface area contributed by atoms with Crippen LogP contribution in [0.4, 0.5) is 34.1 Å². The lowest BCUT2D eigenvalue weighted by molar-refractivity contribution is 0.569. The summed E-state index contributed by atoms with van der Waals surface area (Å²) in [7, 11) is 0. The largest absolute Gasteiger partial charge is 0.454 e. The van der Waals surface area contributed by atoms with E-state index in [1.165, 1.54) is 93.5 Å². The van der Waals surface area contributed by atoms with Crippen LogP contribution < -0.4 is 26.2 Å². The molecule has 16 aromatic rings. The van der Waals surface area contributed by atoms with Gasteiger partial charge < -0.3 is 23.4 Å². The number of rotatable bonds is 7. The van der Waals surface area contributed by atoms with Crippen LogP contribution in [0.3, 0.4) is 0 Å². The minimum atomic E-state index is -0.302. The first-order chi connectivity index (χ1) is 48.1. The van der Waals surface area contributed by atoms with Gasteiger partial charge in [0.2, 0.25) is 0 Å². The van der Waals surface area contributed by atoms with Gasteiger partial charge in [-0.3, -0.25) is 0 Å². The summed E-state index contributed by atoms with van der Waals surface area (Å²) in [6.45, 7) is 28.0. The van der Waals surface area contributed by atoms with Crippen LogP contribution in [0.25, 0.3) is 110 Å². The van der Waals surface area contributed by atoms with E-state index >= 15 is 0 Å². The number of fused-ring (bicyclic) bond motifs is 13. The van der Waals surface area contributed by atoms with Gasteiger partial charge in [0.25, 0.3) is 6.71 Å². The Morgan fingerprint density at radius 1 is 0.280 bits per heavy atom. The third-order valence-corrected chi connectivity index (χ3v) is 21.7. The van der Waals surface area contributed by atoms with Gasteiger partial charge in [0.05, 0.1) is 33.4 Å². The fraction of sp³-hybridized carbons (Fsp3) is 0.170. The molecule has 100 heavy (non-hydrogen) atoms. The van der Waals surface area contributed by atoms with Crippen molar-refractivity contribution in [3.63, 3.8) is 0 Å². The van der Waals surface area contributed by atoms with Crippen LogP contribution >= 0.6 is 0 Å². The van der Waals surface area contributed by atoms with Gasteiger partial charge in [-0.1, -0.05) is 265 Å². The molecule has 5 nitrogen and oxygen atoms in total. The van der Waals surface area contributed by atoms with Crippen molar-refractivity contribution in [1.82, 2.24) is 9.13 Å². The highest BCUT2D eigenvalue weighted by Crippen LogP contribution is 2.54. The van der Waals surface area contributed by atoms with Crippen molar-refractivity contribution >= 4 is 123 Å². The molecule has 0 radical (unpaired) electrons. The van der Waals surface area contributed by atoms with Crippen LogP contribution in [0, 0.1) is 0 Å². The van der Waals surface area contributed by atoms with E-state index in [4.69, 9.17) is 4.42 Å². The van der Waals surface area contributed by atoms with E-state index in [-0.39, 0.29) is 28.4 Å². The minimum absolute atomic E-state index is 0.0789. The van der Waals surface area contributed by atoms with E-state index in [1.54, 1.807) is 0 Å². The third kappa shape index (κ3) is 9.65. The topological polar surface area (TPSA) is 29.5 Å². The van der Waals surface area contributed by atoms with Gasteiger partial charge in [0.15, 0.2) is 5.58 Å². The molecule has 18 rings (SSSR count). The molecule has 0 saturated carbocycles. The van der Waals surface area contributed by atoms with Gasteiger partial charge >= 0.3 is 0 Å². The molecule has 0 unspecified atom stereocenters. The highest BCUT2D eigenvalue weighted by atomic mass is 16.3. The normalized spacial score (nSPS) is 13.3. The maximum atomic E-state index is 7.22. The third-order valence-electron chi connectivity index (χ3n) is 21.7. The van der Waals surface area contributed by atoms with Crippen LogP contribution in [0.15, 0.2) is 277 Å². The lowest BCUT2D eigenvalue weighted by Gasteiger charge is -2.46. The van der Waals surface area contributed by atoms with Crippen LogP contribution in [0.1, 0.15) is 105 Å². The Kier molecular flexibility index (Phi) is 13.6. The van der Waals surface area contributed by atoms with Crippen LogP contribution in [0.2, 0.25) is 0 Å². The van der Waals surface area contributed by atoms with Gasteiger partial charge in [-0.05, 0) is 174 Å². The molecule has 0 aliphatic carbocycles. The number of benzene rings is 13. The molecule has 0 saturated heterocycles. The Morgan fingerprint density at radius 3 is 1.31 bits per heavy atom. The molecule has 3 aromatic heterocycles. The lowest BCUT2D eigenvalue weighted by Crippen LogP contribution is -2.61. The Labute approximate surface area is 587 Å². The van der Waals surface area contributed by atoms with Crippen molar-refractivity contribution < 1.29 is 4.42 Å². The number of nitrogens with zero attached hydrogens (tertiary/aromatic N) is 4. The van der Waals surface area contributed by atoms with E-state index in [9.17, 15) is 0 Å². The number of hydrogen-bond donors (Lipinski definition) is 0. The molecule has 6 heteroatoms. The van der Waals surface area contributed by atoms with Gasteiger partial charge in [0, 0.05) is 77.6 Å². The Morgan fingerprint density at radius 2 is 0.740 bits per heavy atom. The van der Waals surface area contributed by atoms with Crippen LogP contribution in [-0.2, 0) is 21.7 Å². The number of hydrogen-bond acceptors (Lipinski definition) is 3. The summed E-state index contributed by atoms with van der Waals surface area (Å²) in [5.41, 5.74) is 30.6. The Hall–Kier alpha value is -11.1. The van der Waals surface area contributed by atoms with E-state index in [2.05, 4.69) is 375 Å². The summed E-state index contributed by atoms with van der Waals surface area (Å²) in [6.07, 6.45) is 0. The molecule has 0 amide bonds. The van der Waals surface area contributed by atoms with Crippen LogP contribution in [-0.4, -0.2) is 15.8 Å². The van der Waals surface area contributed by atoms with Crippen molar-refractivity contribution in [2.24, 2.45) is 0 Å². The summed E-state index contributed by atoms with van der Waals surface area (Å²) in [5, 5.41) is 7.04. The first-order valence-electron chi connectivity index (χ1n) is 35.6. The highest BCUT2D eigenvalue weighted by molar-refractivity contribution is 7.00. The fourth-order valence-electron chi connectivity index (χ4n) is 16.3. The standard InChI is InChI=1S/C94H81BN4O/c1-91(2,3)62-47-61(48-63(50-62)92(4,5)6)60-43-45-76-83(49-60)98(80-41-28-38-71-70-37-24-27-42-87(70)100-90(71)80)85-53-65(94(10,11)12)54-86-88(85)95(76)77-46-44-67(55-84(77)99(86)89-72(58-29-16-13-17-30-58)51-64(93(7,8)9)52-73(89)59-31-18-14-19-32-59)97-79-40-26-23-36-69(79)75-56-81-74(57-82(75)97)68-35-22-25-39-78(68)96(81)66-33-20-15-21-34-66/h13-57H,1-12H3. The predicted octanol–water partition coefficient (Wildman–Crippen LogP) is 24.1. The van der Waals surface area contributed by atoms with Crippen molar-refractivity contribution in [3.05, 3.63) is 295 Å². The molecule has 0 N–H and O–H groups in total. The molecular weight excluding hydrogens is 1210 g/mol. The maximum Gasteiger partial charge on any atom is 0.252 e. The average molecular weight is 1290 g/mol. The van der Waals surface area contributed by atoms with Crippen molar-refractivity contribution in [1.29, 1.82) is 0 Å². The molecular formula is C94H81BN4O. The van der Waals surface area contributed by atoms with Gasteiger partial charge in [-0.15, -0.1) is 0 Å². The first-order valence-corrected chi connectivity index (χ1v) is 35.6. The van der Waals surface area contributed by atoms with Gasteiger partial charge in [-0.2, -0.15) is 0 Å². The molecule has 486 valence electrons. The van der Waals surface area contributed by atoms with E-state index in [1.807, 2.05) is 0 Å². The lowest BCUT2D eigenvalue weighted by atomic mass is 9.33. The summed E-state index contributed by atoms with van der Waals surface area (Å²) in [4.78, 5) is 5.31. The van der Waals surface area contributed by atoms with Gasteiger partial charge in [-0.25, -0.2) is 0 Å². The zero-order chi connectivity index (χ0) is 68.5. The van der Waals surface area contributed by atoms with E-state index < -0.39 is 0 Å². The molecule has 5 heterocycles. The smallest absolute Gasteiger partial charge is 0.252 e. The molecule has 0 atom stereocenters. The molecule has 0 fully saturated rings. The summed E-state index contributed by atoms with van der Waals surface area (Å²) < 4.78 is 12.2. The summed E-state index contributed by atoms with van der Waals surface area (Å²) in [5.74, 6) is 0. The predicted molar refractivity (Wildman–Crippen MR) is 428 cm³/mol. The van der Waals surface area contributed by atoms with Crippen molar-refractivity contribution in [2.75, 3.05) is 9.80 Å². The van der Waals surface area contributed by atoms with E-state index in [0.29, 0.717) is 0 Å². The van der Waals surface area contributed by atoms with Gasteiger partial charge in [0.1, 0.15) is 5.58 Å². The number of furan rings is 1. The molecule has 0 spiro atoms. The second-order valence-electron chi connectivity index (χ2n) is 32.2. The Balaban J connectivity index is 0.992. The zero-order valence-electron chi connectivity index (χ0n) is 59.3. The maximum absolute atomic E-state index is 7.22. The molecule has 2 aliphatic rings. The first kappa shape index (κ1) is 61.3. The SMILES string of the molecule is CC(C)(C)c1cc(-c2ccc3c(c2)N(c2cccc4c2oc2ccccc24)c2cc(C(C)(C)C)cc4c2B3c2ccc(-n3c5ccccc5c5cc6c(cc53)c3ccccc3n6-c3ccccc3)cc2N4c2c(-c3ccccc3)cc(C(C)(C)C)cc2-c2ccccc2)cc(C(C)(C)C)c1. The summed E-state index contributed by atoms with van der Waals surface area (Å²) in [6, 6.07) is 104. The second kappa shape index (κ2) is 22.2. The number of anilines is 6. The summed E-state index contributed by atoms with van der Waals surface area (Å²) >= 11 is 0. The van der Waals surface area contributed by atoms with Crippen molar-refractivity contribution in [2.45, 2.75) is 105 Å². The second-order valence-corrected chi connectivity index (χ2v) is 32.2. The number of aromatic nitrogens is 2.